The number of nitrogens with zero attached hydrogens (tertiary/aromatic N) is 2. The minimum atomic E-state index is -1.14. The molecule has 3 saturated heterocycles. The molecule has 37 heavy (non-hydrogen) atoms. The first-order valence-corrected chi connectivity index (χ1v) is 13.2. The van der Waals surface area contributed by atoms with Gasteiger partial charge < -0.3 is 24.7 Å². The van der Waals surface area contributed by atoms with Crippen LogP contribution in [-0.4, -0.2) is 70.3 Å². The summed E-state index contributed by atoms with van der Waals surface area (Å²) in [6.45, 7) is 4.57. The minimum absolute atomic E-state index is 0.118. The number of carboxylic acids is 1. The number of fused-ring (bicyclic) bond motifs is 2. The van der Waals surface area contributed by atoms with E-state index in [1.807, 2.05) is 42.5 Å². The number of carbonyl (C=O) groups excluding carboxylic acids is 2. The Balaban J connectivity index is 1.51. The Morgan fingerprint density at radius 2 is 1.89 bits per heavy atom. The van der Waals surface area contributed by atoms with Gasteiger partial charge in [0, 0.05) is 25.4 Å². The number of aliphatic hydroxyl groups excluding tert-OH is 1. The van der Waals surface area contributed by atoms with Crippen LogP contribution in [0.3, 0.4) is 0 Å². The number of anilines is 1. The third kappa shape index (κ3) is 4.22. The zero-order valence-corrected chi connectivity index (χ0v) is 20.9. The molecule has 3 aliphatic rings. The molecule has 0 saturated carbocycles. The van der Waals surface area contributed by atoms with Crippen LogP contribution in [0.4, 0.5) is 5.69 Å². The largest absolute Gasteiger partial charge is 0.481 e. The summed E-state index contributed by atoms with van der Waals surface area (Å²) in [5.74, 6) is -3.42. The van der Waals surface area contributed by atoms with E-state index in [4.69, 9.17) is 9.84 Å². The SMILES string of the molecule is C=CCN(C(=O)[C@@H]1N(CCCCCCO)C(=O)[C@H]2[C@H](C(=O)O)[C@@H]3CC[C@]12O3)c1ccc2ccccc2c1. The molecule has 2 bridgehead atoms. The highest BCUT2D eigenvalue weighted by atomic mass is 16.5. The molecule has 0 aromatic heterocycles. The van der Waals surface area contributed by atoms with Gasteiger partial charge in [-0.1, -0.05) is 49.2 Å². The van der Waals surface area contributed by atoms with Gasteiger partial charge in [0.15, 0.2) is 0 Å². The fourth-order valence-corrected chi connectivity index (χ4v) is 6.65. The lowest BCUT2D eigenvalue weighted by Crippen LogP contribution is -2.56. The number of aliphatic hydroxyl groups is 1. The molecule has 2 amide bonds. The Morgan fingerprint density at radius 3 is 2.62 bits per heavy atom. The zero-order valence-electron chi connectivity index (χ0n) is 20.9. The summed E-state index contributed by atoms with van der Waals surface area (Å²) in [4.78, 5) is 43.6. The average Bonchev–Trinajstić information content (AvgIpc) is 3.54. The molecule has 3 fully saturated rings. The van der Waals surface area contributed by atoms with E-state index in [-0.39, 0.29) is 25.0 Å². The van der Waals surface area contributed by atoms with Crippen molar-refractivity contribution in [3.63, 3.8) is 0 Å². The van der Waals surface area contributed by atoms with Crippen molar-refractivity contribution < 1.29 is 29.3 Å². The first kappa shape index (κ1) is 25.4. The molecule has 8 nitrogen and oxygen atoms in total. The van der Waals surface area contributed by atoms with Crippen molar-refractivity contribution in [3.8, 4) is 0 Å². The van der Waals surface area contributed by atoms with Crippen molar-refractivity contribution in [2.75, 3.05) is 24.6 Å². The number of aliphatic carboxylic acids is 1. The number of likely N-dealkylation sites (tertiary alicyclic amines) is 1. The zero-order chi connectivity index (χ0) is 26.2. The second kappa shape index (κ2) is 10.3. The first-order chi connectivity index (χ1) is 17.9. The first-order valence-electron chi connectivity index (χ1n) is 13.2. The standard InChI is InChI=1S/C29H34N2O6/c1-2-15-30(21-12-11-19-9-5-6-10-20(19)18-21)27(34)25-29-14-13-22(37-29)23(28(35)36)24(29)26(33)31(25)16-7-3-4-8-17-32/h2,5-6,9-12,18,22-25,32H,1,3-4,7-8,13-17H2,(H,35,36)/t22-,23+,24+,25-,29+/m0/s1. The highest BCUT2D eigenvalue weighted by Gasteiger charge is 2.74. The Morgan fingerprint density at radius 1 is 1.14 bits per heavy atom. The van der Waals surface area contributed by atoms with Crippen molar-refractivity contribution in [3.05, 3.63) is 55.1 Å². The van der Waals surface area contributed by atoms with Crippen LogP contribution in [0.2, 0.25) is 0 Å². The molecule has 3 aliphatic heterocycles. The Hall–Kier alpha value is -3.23. The quantitative estimate of drug-likeness (QED) is 0.358. The smallest absolute Gasteiger partial charge is 0.310 e. The van der Waals surface area contributed by atoms with Crippen LogP contribution in [0.25, 0.3) is 10.8 Å². The van der Waals surface area contributed by atoms with E-state index in [2.05, 4.69) is 6.58 Å². The molecule has 0 unspecified atom stereocenters. The Bertz CT molecular complexity index is 1210. The molecule has 1 spiro atoms. The molecule has 196 valence electrons. The molecule has 0 aliphatic carbocycles. The monoisotopic (exact) mass is 506 g/mol. The number of carbonyl (C=O) groups is 3. The molecule has 8 heteroatoms. The number of hydrogen-bond donors (Lipinski definition) is 2. The second-order valence-corrected chi connectivity index (χ2v) is 10.3. The van der Waals surface area contributed by atoms with Gasteiger partial charge >= 0.3 is 5.97 Å². The normalized spacial score (nSPS) is 28.0. The molecule has 2 aromatic carbocycles. The van der Waals surface area contributed by atoms with Gasteiger partial charge in [0.05, 0.1) is 17.9 Å². The van der Waals surface area contributed by atoms with Crippen LogP contribution in [0.5, 0.6) is 0 Å². The van der Waals surface area contributed by atoms with Crippen molar-refractivity contribution in [1.29, 1.82) is 0 Å². The Kier molecular flexibility index (Phi) is 7.05. The summed E-state index contributed by atoms with van der Waals surface area (Å²) in [7, 11) is 0. The van der Waals surface area contributed by atoms with Gasteiger partial charge in [-0.2, -0.15) is 0 Å². The average molecular weight is 507 g/mol. The number of rotatable bonds is 11. The molecule has 2 N–H and O–H groups in total. The number of unbranched alkanes of at least 4 members (excludes halogenated alkanes) is 3. The van der Waals surface area contributed by atoms with E-state index < -0.39 is 35.6 Å². The highest BCUT2D eigenvalue weighted by Crippen LogP contribution is 2.58. The van der Waals surface area contributed by atoms with Crippen LogP contribution in [-0.2, 0) is 19.1 Å². The number of carboxylic acid groups (broad SMARTS) is 1. The van der Waals surface area contributed by atoms with Crippen LogP contribution in [0.15, 0.2) is 55.1 Å². The Labute approximate surface area is 216 Å². The van der Waals surface area contributed by atoms with Gasteiger partial charge in [0.1, 0.15) is 11.6 Å². The third-order valence-electron chi connectivity index (χ3n) is 8.25. The van der Waals surface area contributed by atoms with Crippen molar-refractivity contribution >= 4 is 34.2 Å². The summed E-state index contributed by atoms with van der Waals surface area (Å²) in [5.41, 5.74) is -0.440. The molecule has 5 rings (SSSR count). The van der Waals surface area contributed by atoms with Crippen molar-refractivity contribution in [2.45, 2.75) is 56.3 Å². The molecule has 3 heterocycles. The summed E-state index contributed by atoms with van der Waals surface area (Å²) in [6.07, 6.45) is 5.08. The lowest BCUT2D eigenvalue weighted by molar-refractivity contribution is -0.149. The highest BCUT2D eigenvalue weighted by molar-refractivity contribution is 6.05. The molecule has 2 aromatic rings. The van der Waals surface area contributed by atoms with Gasteiger partial charge in [-0.15, -0.1) is 6.58 Å². The van der Waals surface area contributed by atoms with Gasteiger partial charge in [0.25, 0.3) is 5.91 Å². The van der Waals surface area contributed by atoms with E-state index in [1.165, 1.54) is 0 Å². The van der Waals surface area contributed by atoms with Crippen LogP contribution in [0, 0.1) is 11.8 Å². The van der Waals surface area contributed by atoms with E-state index >= 15 is 0 Å². The van der Waals surface area contributed by atoms with E-state index in [0.717, 1.165) is 23.6 Å². The molecular formula is C29H34N2O6. The van der Waals surface area contributed by atoms with Crippen LogP contribution < -0.4 is 4.90 Å². The molecular weight excluding hydrogens is 472 g/mol. The summed E-state index contributed by atoms with van der Waals surface area (Å²) in [5, 5.41) is 21.1. The minimum Gasteiger partial charge on any atom is -0.481 e. The number of amides is 2. The van der Waals surface area contributed by atoms with Crippen molar-refractivity contribution in [1.82, 2.24) is 4.90 Å². The number of hydrogen-bond acceptors (Lipinski definition) is 5. The lowest BCUT2D eigenvalue weighted by atomic mass is 9.70. The van der Waals surface area contributed by atoms with E-state index in [9.17, 15) is 19.5 Å². The van der Waals surface area contributed by atoms with Crippen molar-refractivity contribution in [2.24, 2.45) is 11.8 Å². The van der Waals surface area contributed by atoms with Gasteiger partial charge in [0.2, 0.25) is 5.91 Å². The topological polar surface area (TPSA) is 107 Å². The maximum atomic E-state index is 14.4. The maximum absolute atomic E-state index is 14.4. The summed E-state index contributed by atoms with van der Waals surface area (Å²) < 4.78 is 6.32. The van der Waals surface area contributed by atoms with Gasteiger partial charge in [-0.3, -0.25) is 14.4 Å². The van der Waals surface area contributed by atoms with E-state index in [1.54, 1.807) is 15.9 Å². The van der Waals surface area contributed by atoms with Crippen LogP contribution in [0.1, 0.15) is 38.5 Å². The van der Waals surface area contributed by atoms with Crippen LogP contribution >= 0.6 is 0 Å². The predicted octanol–water partition coefficient (Wildman–Crippen LogP) is 3.37. The van der Waals surface area contributed by atoms with Gasteiger partial charge in [-0.25, -0.2) is 0 Å². The lowest BCUT2D eigenvalue weighted by Gasteiger charge is -2.36. The van der Waals surface area contributed by atoms with E-state index in [0.29, 0.717) is 37.9 Å². The fraction of sp³-hybridized carbons (Fsp3) is 0.483. The summed E-state index contributed by atoms with van der Waals surface area (Å²) >= 11 is 0. The second-order valence-electron chi connectivity index (χ2n) is 10.3. The number of ether oxygens (including phenoxy) is 1. The number of benzene rings is 2. The fourth-order valence-electron chi connectivity index (χ4n) is 6.65. The summed E-state index contributed by atoms with van der Waals surface area (Å²) in [6, 6.07) is 12.8. The van der Waals surface area contributed by atoms with Gasteiger partial charge in [-0.05, 0) is 48.6 Å². The molecule has 5 atom stereocenters. The predicted molar refractivity (Wildman–Crippen MR) is 139 cm³/mol. The third-order valence-corrected chi connectivity index (χ3v) is 8.25. The maximum Gasteiger partial charge on any atom is 0.310 e. The molecule has 0 radical (unpaired) electrons.